The van der Waals surface area contributed by atoms with Crippen molar-refractivity contribution in [1.29, 1.82) is 0 Å². The van der Waals surface area contributed by atoms with Crippen molar-refractivity contribution in [3.63, 3.8) is 0 Å². The number of halogens is 1. The van der Waals surface area contributed by atoms with Crippen molar-refractivity contribution in [1.82, 2.24) is 4.90 Å². The lowest BCUT2D eigenvalue weighted by Gasteiger charge is -2.12. The fourth-order valence-corrected chi connectivity index (χ4v) is 2.85. The van der Waals surface area contributed by atoms with Crippen LogP contribution in [0.1, 0.15) is 5.56 Å². The van der Waals surface area contributed by atoms with Crippen LogP contribution in [0, 0.1) is 5.82 Å². The molecule has 1 fully saturated rings. The summed E-state index contributed by atoms with van der Waals surface area (Å²) < 4.78 is 12.8. The Labute approximate surface area is 108 Å². The molecule has 1 atom stereocenters. The number of hydrogen-bond acceptors (Lipinski definition) is 4. The second-order valence-corrected chi connectivity index (χ2v) is 5.14. The fourth-order valence-electron chi connectivity index (χ4n) is 1.79. The number of nitrogens with zero attached hydrogens (tertiary/aromatic N) is 1. The van der Waals surface area contributed by atoms with Gasteiger partial charge in [-0.2, -0.15) is 0 Å². The van der Waals surface area contributed by atoms with Gasteiger partial charge in [-0.25, -0.2) is 4.39 Å². The first kappa shape index (κ1) is 13.0. The average Bonchev–Trinajstić information content (AvgIpc) is 2.60. The van der Waals surface area contributed by atoms with Crippen LogP contribution in [0.4, 0.5) is 9.18 Å². The van der Waals surface area contributed by atoms with Crippen molar-refractivity contribution in [3.05, 3.63) is 35.6 Å². The van der Waals surface area contributed by atoms with Crippen LogP contribution in [0.3, 0.4) is 0 Å². The highest BCUT2D eigenvalue weighted by atomic mass is 32.2. The van der Waals surface area contributed by atoms with Crippen LogP contribution < -0.4 is 5.73 Å². The van der Waals surface area contributed by atoms with Gasteiger partial charge in [-0.1, -0.05) is 23.9 Å². The highest BCUT2D eigenvalue weighted by Gasteiger charge is 2.38. The molecular formula is C12H13FN2O2S. The molecule has 0 aliphatic carbocycles. The molecule has 2 amide bonds. The number of amides is 2. The fraction of sp³-hybridized carbons (Fsp3) is 0.333. The molecule has 0 spiro atoms. The third kappa shape index (κ3) is 2.70. The molecule has 1 unspecified atom stereocenters. The summed E-state index contributed by atoms with van der Waals surface area (Å²) in [5.74, 6) is -0.523. The molecule has 1 aliphatic heterocycles. The summed E-state index contributed by atoms with van der Waals surface area (Å²) in [6.45, 7) is 0.520. The molecule has 96 valence electrons. The van der Waals surface area contributed by atoms with E-state index in [0.29, 0.717) is 6.42 Å². The third-order valence-electron chi connectivity index (χ3n) is 2.69. The second-order valence-electron chi connectivity index (χ2n) is 3.98. The van der Waals surface area contributed by atoms with Gasteiger partial charge in [0.25, 0.3) is 5.24 Å². The van der Waals surface area contributed by atoms with Crippen LogP contribution in [0.5, 0.6) is 0 Å². The van der Waals surface area contributed by atoms with Crippen molar-refractivity contribution in [2.24, 2.45) is 5.73 Å². The monoisotopic (exact) mass is 268 g/mol. The van der Waals surface area contributed by atoms with Gasteiger partial charge in [-0.15, -0.1) is 0 Å². The number of benzene rings is 1. The van der Waals surface area contributed by atoms with Crippen LogP contribution in [0.25, 0.3) is 0 Å². The van der Waals surface area contributed by atoms with Crippen molar-refractivity contribution in [3.8, 4) is 0 Å². The predicted octanol–water partition coefficient (Wildman–Crippen LogP) is 1.39. The lowest BCUT2D eigenvalue weighted by atomic mass is 10.1. The molecule has 1 heterocycles. The Morgan fingerprint density at radius 3 is 2.56 bits per heavy atom. The van der Waals surface area contributed by atoms with E-state index in [2.05, 4.69) is 0 Å². The quantitative estimate of drug-likeness (QED) is 0.896. The number of hydrogen-bond donors (Lipinski definition) is 1. The second kappa shape index (κ2) is 5.49. The molecule has 0 bridgehead atoms. The van der Waals surface area contributed by atoms with E-state index in [4.69, 9.17) is 5.73 Å². The number of carbonyl (C=O) groups excluding carboxylic acids is 2. The Morgan fingerprint density at radius 1 is 1.28 bits per heavy atom. The van der Waals surface area contributed by atoms with E-state index in [9.17, 15) is 14.0 Å². The predicted molar refractivity (Wildman–Crippen MR) is 67.6 cm³/mol. The molecule has 4 nitrogen and oxygen atoms in total. The maximum absolute atomic E-state index is 12.8. The van der Waals surface area contributed by atoms with Gasteiger partial charge >= 0.3 is 0 Å². The lowest BCUT2D eigenvalue weighted by molar-refractivity contribution is -0.126. The smallest absolute Gasteiger partial charge is 0.289 e. The molecular weight excluding hydrogens is 255 g/mol. The minimum Gasteiger partial charge on any atom is -0.329 e. The van der Waals surface area contributed by atoms with E-state index in [1.807, 2.05) is 0 Å². The van der Waals surface area contributed by atoms with Crippen molar-refractivity contribution < 1.29 is 14.0 Å². The minimum absolute atomic E-state index is 0.209. The zero-order chi connectivity index (χ0) is 13.1. The zero-order valence-corrected chi connectivity index (χ0v) is 10.5. The number of imide groups is 1. The summed E-state index contributed by atoms with van der Waals surface area (Å²) in [7, 11) is 0. The summed E-state index contributed by atoms with van der Waals surface area (Å²) in [4.78, 5) is 24.7. The van der Waals surface area contributed by atoms with E-state index in [1.54, 1.807) is 12.1 Å². The number of thioether (sulfide) groups is 1. The summed E-state index contributed by atoms with van der Waals surface area (Å²) in [6, 6.07) is 5.94. The average molecular weight is 268 g/mol. The largest absolute Gasteiger partial charge is 0.329 e. The molecule has 18 heavy (non-hydrogen) atoms. The topological polar surface area (TPSA) is 63.4 Å². The third-order valence-corrected chi connectivity index (χ3v) is 3.77. The van der Waals surface area contributed by atoms with Crippen LogP contribution in [-0.4, -0.2) is 34.4 Å². The van der Waals surface area contributed by atoms with E-state index in [-0.39, 0.29) is 30.1 Å². The summed E-state index contributed by atoms with van der Waals surface area (Å²) in [5, 5.41) is -0.674. The summed E-state index contributed by atoms with van der Waals surface area (Å²) in [6.07, 6.45) is 0.427. The normalized spacial score (nSPS) is 19.7. The molecule has 1 aromatic carbocycles. The van der Waals surface area contributed by atoms with Crippen molar-refractivity contribution in [2.75, 3.05) is 13.1 Å². The first-order valence-corrected chi connectivity index (χ1v) is 6.46. The molecule has 0 saturated carbocycles. The SMILES string of the molecule is NCCN1C(=O)SC(Cc2ccc(F)cc2)C1=O. The number of nitrogens with two attached hydrogens (primary N) is 1. The zero-order valence-electron chi connectivity index (χ0n) is 9.64. The molecule has 6 heteroatoms. The minimum atomic E-state index is -0.422. The van der Waals surface area contributed by atoms with Crippen molar-refractivity contribution >= 4 is 22.9 Å². The maximum atomic E-state index is 12.8. The van der Waals surface area contributed by atoms with Crippen LogP contribution in [0.15, 0.2) is 24.3 Å². The highest BCUT2D eigenvalue weighted by molar-refractivity contribution is 8.15. The Balaban J connectivity index is 2.05. The summed E-state index contributed by atoms with van der Waals surface area (Å²) in [5.41, 5.74) is 6.19. The number of carbonyl (C=O) groups is 2. The molecule has 1 aromatic rings. The first-order valence-electron chi connectivity index (χ1n) is 5.58. The van der Waals surface area contributed by atoms with Gasteiger partial charge in [0, 0.05) is 13.1 Å². The maximum Gasteiger partial charge on any atom is 0.289 e. The standard InChI is InChI=1S/C12H13FN2O2S/c13-9-3-1-8(2-4-9)7-10-11(16)15(6-5-14)12(17)18-10/h1-4,10H,5-7,14H2. The van der Waals surface area contributed by atoms with Crippen LogP contribution in [0.2, 0.25) is 0 Å². The van der Waals surface area contributed by atoms with Crippen LogP contribution >= 0.6 is 11.8 Å². The molecule has 2 rings (SSSR count). The van der Waals surface area contributed by atoms with Gasteiger partial charge in [0.05, 0.1) is 5.25 Å². The van der Waals surface area contributed by atoms with E-state index >= 15 is 0 Å². The van der Waals surface area contributed by atoms with E-state index in [0.717, 1.165) is 17.3 Å². The summed E-state index contributed by atoms with van der Waals surface area (Å²) >= 11 is 1.01. The first-order chi connectivity index (χ1) is 8.61. The molecule has 1 aliphatic rings. The van der Waals surface area contributed by atoms with Crippen LogP contribution in [-0.2, 0) is 11.2 Å². The van der Waals surface area contributed by atoms with Gasteiger partial charge in [0.1, 0.15) is 5.82 Å². The molecule has 0 radical (unpaired) electrons. The van der Waals surface area contributed by atoms with E-state index in [1.165, 1.54) is 17.0 Å². The highest BCUT2D eigenvalue weighted by Crippen LogP contribution is 2.29. The molecule has 2 N–H and O–H groups in total. The Kier molecular flexibility index (Phi) is 3.98. The van der Waals surface area contributed by atoms with Gasteiger partial charge < -0.3 is 5.73 Å². The van der Waals surface area contributed by atoms with Gasteiger partial charge in [-0.05, 0) is 24.1 Å². The Bertz CT molecular complexity index is 464. The van der Waals surface area contributed by atoms with E-state index < -0.39 is 5.25 Å². The van der Waals surface area contributed by atoms with Gasteiger partial charge in [-0.3, -0.25) is 14.5 Å². The van der Waals surface area contributed by atoms with Crippen molar-refractivity contribution in [2.45, 2.75) is 11.7 Å². The number of rotatable bonds is 4. The lowest BCUT2D eigenvalue weighted by Crippen LogP contribution is -2.36. The van der Waals surface area contributed by atoms with Gasteiger partial charge in [0.15, 0.2) is 0 Å². The molecule has 1 saturated heterocycles. The van der Waals surface area contributed by atoms with Gasteiger partial charge in [0.2, 0.25) is 5.91 Å². The molecule has 0 aromatic heterocycles. The Morgan fingerprint density at radius 2 is 1.94 bits per heavy atom. The Hall–Kier alpha value is -1.40.